The lowest BCUT2D eigenvalue weighted by atomic mass is 10.1. The fourth-order valence-electron chi connectivity index (χ4n) is 3.37. The lowest BCUT2D eigenvalue weighted by Gasteiger charge is -2.14. The number of urea groups is 1. The van der Waals surface area contributed by atoms with Crippen molar-refractivity contribution in [3.05, 3.63) is 76.7 Å². The van der Waals surface area contributed by atoms with Crippen molar-refractivity contribution in [1.82, 2.24) is 15.2 Å². The minimum Gasteiger partial charge on any atom is -0.340 e. The molecule has 2 aromatic carbocycles. The number of carbonyl (C=O) groups is 3. The SMILES string of the molecule is Cc1c(C=C2C(=O)NC(=O)NC2=O)c2ccccc2n1Cc1ccc(F)cc1. The van der Waals surface area contributed by atoms with Crippen LogP contribution in [0.1, 0.15) is 16.8 Å². The summed E-state index contributed by atoms with van der Waals surface area (Å²) in [5.41, 5.74) is 3.27. The van der Waals surface area contributed by atoms with Crippen LogP contribution in [-0.2, 0) is 16.1 Å². The van der Waals surface area contributed by atoms with E-state index in [1.165, 1.54) is 18.2 Å². The molecule has 28 heavy (non-hydrogen) atoms. The van der Waals surface area contributed by atoms with E-state index in [0.717, 1.165) is 22.2 Å². The van der Waals surface area contributed by atoms with Gasteiger partial charge in [-0.05, 0) is 36.8 Å². The van der Waals surface area contributed by atoms with Crippen LogP contribution in [0.5, 0.6) is 0 Å². The normalized spacial score (nSPS) is 14.2. The Morgan fingerprint density at radius 1 is 0.964 bits per heavy atom. The topological polar surface area (TPSA) is 80.2 Å². The van der Waals surface area contributed by atoms with Gasteiger partial charge < -0.3 is 4.57 Å². The molecular formula is C21H16FN3O3. The maximum atomic E-state index is 13.2. The minimum absolute atomic E-state index is 0.132. The molecule has 4 rings (SSSR count). The summed E-state index contributed by atoms with van der Waals surface area (Å²) >= 11 is 0. The first-order valence-corrected chi connectivity index (χ1v) is 8.64. The van der Waals surface area contributed by atoms with Gasteiger partial charge in [0, 0.05) is 28.7 Å². The van der Waals surface area contributed by atoms with Crippen molar-refractivity contribution in [2.75, 3.05) is 0 Å². The van der Waals surface area contributed by atoms with Crippen LogP contribution in [0.25, 0.3) is 17.0 Å². The molecule has 0 radical (unpaired) electrons. The molecule has 0 unspecified atom stereocenters. The molecular weight excluding hydrogens is 361 g/mol. The number of hydrogen-bond donors (Lipinski definition) is 2. The average Bonchev–Trinajstić information content (AvgIpc) is 2.92. The highest BCUT2D eigenvalue weighted by Gasteiger charge is 2.28. The lowest BCUT2D eigenvalue weighted by Crippen LogP contribution is -2.51. The molecule has 4 amide bonds. The molecule has 0 saturated carbocycles. The van der Waals surface area contributed by atoms with E-state index in [4.69, 9.17) is 0 Å². The molecule has 0 spiro atoms. The quantitative estimate of drug-likeness (QED) is 0.544. The summed E-state index contributed by atoms with van der Waals surface area (Å²) in [5, 5.41) is 5.03. The van der Waals surface area contributed by atoms with Crippen LogP contribution >= 0.6 is 0 Å². The van der Waals surface area contributed by atoms with Crippen LogP contribution in [-0.4, -0.2) is 22.4 Å². The standard InChI is InChI=1S/C21H16FN3O3/c1-12-16(10-17-19(26)23-21(28)24-20(17)27)15-4-2-3-5-18(15)25(12)11-13-6-8-14(22)9-7-13/h2-10H,11H2,1H3,(H2,23,24,26,27,28). The highest BCUT2D eigenvalue weighted by molar-refractivity contribution is 6.31. The summed E-state index contributed by atoms with van der Waals surface area (Å²) in [6, 6.07) is 13.0. The van der Waals surface area contributed by atoms with Crippen LogP contribution < -0.4 is 10.6 Å². The molecule has 1 saturated heterocycles. The van der Waals surface area contributed by atoms with Gasteiger partial charge in [-0.25, -0.2) is 9.18 Å². The smallest absolute Gasteiger partial charge is 0.328 e. The van der Waals surface area contributed by atoms with Gasteiger partial charge in [0.15, 0.2) is 0 Å². The number of rotatable bonds is 3. The van der Waals surface area contributed by atoms with E-state index in [1.54, 1.807) is 12.1 Å². The molecule has 0 aliphatic carbocycles. The van der Waals surface area contributed by atoms with Crippen molar-refractivity contribution < 1.29 is 18.8 Å². The average molecular weight is 377 g/mol. The first-order valence-electron chi connectivity index (χ1n) is 8.64. The molecule has 1 aromatic heterocycles. The Morgan fingerprint density at radius 3 is 2.29 bits per heavy atom. The zero-order chi connectivity index (χ0) is 19.8. The lowest BCUT2D eigenvalue weighted by molar-refractivity contribution is -0.123. The van der Waals surface area contributed by atoms with Crippen molar-refractivity contribution in [2.24, 2.45) is 0 Å². The molecule has 1 aliphatic rings. The highest BCUT2D eigenvalue weighted by Crippen LogP contribution is 2.29. The second-order valence-electron chi connectivity index (χ2n) is 6.52. The van der Waals surface area contributed by atoms with Crippen LogP contribution in [0, 0.1) is 12.7 Å². The third-order valence-corrected chi connectivity index (χ3v) is 4.77. The van der Waals surface area contributed by atoms with Crippen molar-refractivity contribution in [3.63, 3.8) is 0 Å². The van der Waals surface area contributed by atoms with E-state index in [2.05, 4.69) is 10.6 Å². The number of carbonyl (C=O) groups excluding carboxylic acids is 3. The van der Waals surface area contributed by atoms with E-state index in [1.807, 2.05) is 35.8 Å². The molecule has 2 N–H and O–H groups in total. The molecule has 3 aromatic rings. The third kappa shape index (κ3) is 3.07. The second-order valence-corrected chi connectivity index (χ2v) is 6.52. The molecule has 0 atom stereocenters. The van der Waals surface area contributed by atoms with E-state index in [-0.39, 0.29) is 11.4 Å². The van der Waals surface area contributed by atoms with Gasteiger partial charge in [0.1, 0.15) is 11.4 Å². The van der Waals surface area contributed by atoms with Crippen molar-refractivity contribution in [3.8, 4) is 0 Å². The number of imide groups is 2. The number of hydrogen-bond acceptors (Lipinski definition) is 3. The molecule has 140 valence electrons. The van der Waals surface area contributed by atoms with Gasteiger partial charge in [-0.1, -0.05) is 30.3 Å². The first-order chi connectivity index (χ1) is 13.4. The predicted molar refractivity (Wildman–Crippen MR) is 102 cm³/mol. The van der Waals surface area contributed by atoms with Crippen molar-refractivity contribution in [1.29, 1.82) is 0 Å². The van der Waals surface area contributed by atoms with Crippen molar-refractivity contribution in [2.45, 2.75) is 13.5 Å². The van der Waals surface area contributed by atoms with E-state index >= 15 is 0 Å². The fourth-order valence-corrected chi connectivity index (χ4v) is 3.37. The van der Waals surface area contributed by atoms with Gasteiger partial charge >= 0.3 is 6.03 Å². The monoisotopic (exact) mass is 377 g/mol. The summed E-state index contributed by atoms with van der Waals surface area (Å²) in [5.74, 6) is -1.76. The molecule has 2 heterocycles. The summed E-state index contributed by atoms with van der Waals surface area (Å²) < 4.78 is 15.2. The number of fused-ring (bicyclic) bond motifs is 1. The Morgan fingerprint density at radius 2 is 1.61 bits per heavy atom. The van der Waals surface area contributed by atoms with Gasteiger partial charge in [-0.15, -0.1) is 0 Å². The van der Waals surface area contributed by atoms with E-state index in [0.29, 0.717) is 12.1 Å². The number of halogens is 1. The molecule has 1 aliphatic heterocycles. The number of barbiturate groups is 1. The number of nitrogens with zero attached hydrogens (tertiary/aromatic N) is 1. The summed E-state index contributed by atoms with van der Waals surface area (Å²) in [6.45, 7) is 2.40. The van der Waals surface area contributed by atoms with Crippen LogP contribution in [0.2, 0.25) is 0 Å². The Kier molecular flexibility index (Phi) is 4.27. The summed E-state index contributed by atoms with van der Waals surface area (Å²) in [6.07, 6.45) is 1.50. The van der Waals surface area contributed by atoms with Gasteiger partial charge in [0.2, 0.25) is 0 Å². The predicted octanol–water partition coefficient (Wildman–Crippen LogP) is 2.89. The summed E-state index contributed by atoms with van der Waals surface area (Å²) in [4.78, 5) is 35.5. The van der Waals surface area contributed by atoms with Crippen molar-refractivity contribution >= 4 is 34.8 Å². The molecule has 6 nitrogen and oxygen atoms in total. The Balaban J connectivity index is 1.84. The van der Waals surface area contributed by atoms with Gasteiger partial charge in [-0.3, -0.25) is 20.2 Å². The number of nitrogens with one attached hydrogen (secondary N) is 2. The highest BCUT2D eigenvalue weighted by atomic mass is 19.1. The zero-order valence-corrected chi connectivity index (χ0v) is 15.0. The Hall–Kier alpha value is -3.74. The Labute approximate surface area is 159 Å². The second kappa shape index (κ2) is 6.77. The number of para-hydroxylation sites is 1. The summed E-state index contributed by atoms with van der Waals surface area (Å²) in [7, 11) is 0. The van der Waals surface area contributed by atoms with Gasteiger partial charge in [-0.2, -0.15) is 0 Å². The van der Waals surface area contributed by atoms with E-state index in [9.17, 15) is 18.8 Å². The first kappa shape index (κ1) is 17.7. The molecule has 7 heteroatoms. The number of benzene rings is 2. The van der Waals surface area contributed by atoms with Gasteiger partial charge in [0.25, 0.3) is 11.8 Å². The number of amides is 4. The van der Waals surface area contributed by atoms with Crippen LogP contribution in [0.15, 0.2) is 54.1 Å². The zero-order valence-electron chi connectivity index (χ0n) is 15.0. The number of aromatic nitrogens is 1. The molecule has 1 fully saturated rings. The van der Waals surface area contributed by atoms with E-state index < -0.39 is 17.8 Å². The maximum absolute atomic E-state index is 13.2. The largest absolute Gasteiger partial charge is 0.340 e. The fraction of sp³-hybridized carbons (Fsp3) is 0.0952. The van der Waals surface area contributed by atoms with Crippen LogP contribution in [0.3, 0.4) is 0 Å². The van der Waals surface area contributed by atoms with Crippen LogP contribution in [0.4, 0.5) is 9.18 Å². The Bertz CT molecular complexity index is 1140. The van der Waals surface area contributed by atoms with Gasteiger partial charge in [0.05, 0.1) is 0 Å². The maximum Gasteiger partial charge on any atom is 0.328 e. The minimum atomic E-state index is -0.831. The molecule has 0 bridgehead atoms. The third-order valence-electron chi connectivity index (χ3n) is 4.77.